The minimum absolute atomic E-state index is 0.249. The predicted molar refractivity (Wildman–Crippen MR) is 79.4 cm³/mol. The first-order chi connectivity index (χ1) is 10.2. The Kier molecular flexibility index (Phi) is 3.44. The molecule has 4 heteroatoms. The summed E-state index contributed by atoms with van der Waals surface area (Å²) in [5.74, 6) is 0.477. The molecule has 0 aliphatic carbocycles. The summed E-state index contributed by atoms with van der Waals surface area (Å²) >= 11 is 0. The molecule has 0 saturated heterocycles. The Morgan fingerprint density at radius 3 is 2.81 bits per heavy atom. The average molecular weight is 283 g/mol. The van der Waals surface area contributed by atoms with Gasteiger partial charge in [-0.05, 0) is 42.5 Å². The van der Waals surface area contributed by atoms with Crippen molar-refractivity contribution in [2.24, 2.45) is 0 Å². The predicted octanol–water partition coefficient (Wildman–Crippen LogP) is 3.65. The fourth-order valence-corrected chi connectivity index (χ4v) is 2.49. The van der Waals surface area contributed by atoms with E-state index < -0.39 is 0 Å². The van der Waals surface area contributed by atoms with Crippen LogP contribution < -0.4 is 4.74 Å². The normalized spacial score (nSPS) is 10.8. The van der Waals surface area contributed by atoms with Gasteiger partial charge in [0, 0.05) is 28.2 Å². The van der Waals surface area contributed by atoms with E-state index in [4.69, 9.17) is 4.74 Å². The molecule has 0 saturated carbocycles. The van der Waals surface area contributed by atoms with Gasteiger partial charge >= 0.3 is 0 Å². The Morgan fingerprint density at radius 2 is 2.05 bits per heavy atom. The van der Waals surface area contributed by atoms with Crippen LogP contribution in [0.4, 0.5) is 4.39 Å². The van der Waals surface area contributed by atoms with E-state index in [1.807, 2.05) is 16.8 Å². The lowest BCUT2D eigenvalue weighted by Gasteiger charge is -2.11. The monoisotopic (exact) mass is 283 g/mol. The molecule has 0 aliphatic rings. The van der Waals surface area contributed by atoms with Gasteiger partial charge in [0.2, 0.25) is 0 Å². The van der Waals surface area contributed by atoms with E-state index in [1.165, 1.54) is 12.1 Å². The highest BCUT2D eigenvalue weighted by molar-refractivity contribution is 5.80. The standard InChI is InChI=1S/C17H14FNO2/c1-21-17-5-2-12(11-20)8-14(17)10-19-7-6-13-9-15(18)3-4-16(13)19/h2-9,11H,10H2,1H3. The van der Waals surface area contributed by atoms with E-state index in [9.17, 15) is 9.18 Å². The molecule has 0 unspecified atom stereocenters. The van der Waals surface area contributed by atoms with Gasteiger partial charge in [0.05, 0.1) is 13.7 Å². The molecule has 3 nitrogen and oxygen atoms in total. The first-order valence-corrected chi connectivity index (χ1v) is 6.58. The summed E-state index contributed by atoms with van der Waals surface area (Å²) in [5.41, 5.74) is 2.45. The highest BCUT2D eigenvalue weighted by Gasteiger charge is 2.08. The molecular weight excluding hydrogens is 269 g/mol. The lowest BCUT2D eigenvalue weighted by Crippen LogP contribution is -2.01. The van der Waals surface area contributed by atoms with Crippen molar-refractivity contribution in [3.63, 3.8) is 0 Å². The second kappa shape index (κ2) is 5.40. The maximum atomic E-state index is 13.2. The number of fused-ring (bicyclic) bond motifs is 1. The van der Waals surface area contributed by atoms with Crippen LogP contribution in [0.2, 0.25) is 0 Å². The van der Waals surface area contributed by atoms with Gasteiger partial charge in [-0.2, -0.15) is 0 Å². The number of halogens is 1. The number of hydrogen-bond acceptors (Lipinski definition) is 2. The summed E-state index contributed by atoms with van der Waals surface area (Å²) in [6.07, 6.45) is 2.71. The molecule has 0 amide bonds. The van der Waals surface area contributed by atoms with Crippen LogP contribution in [0.1, 0.15) is 15.9 Å². The van der Waals surface area contributed by atoms with Gasteiger partial charge in [0.1, 0.15) is 17.9 Å². The number of nitrogens with zero attached hydrogens (tertiary/aromatic N) is 1. The van der Waals surface area contributed by atoms with E-state index in [0.29, 0.717) is 12.1 Å². The molecule has 2 aromatic carbocycles. The number of aromatic nitrogens is 1. The first-order valence-electron chi connectivity index (χ1n) is 6.58. The molecular formula is C17H14FNO2. The number of rotatable bonds is 4. The van der Waals surface area contributed by atoms with Crippen LogP contribution in [-0.2, 0) is 6.54 Å². The van der Waals surface area contributed by atoms with Crippen LogP contribution in [0.15, 0.2) is 48.7 Å². The highest BCUT2D eigenvalue weighted by atomic mass is 19.1. The molecule has 0 aliphatic heterocycles. The third kappa shape index (κ3) is 2.52. The van der Waals surface area contributed by atoms with Crippen LogP contribution in [-0.4, -0.2) is 18.0 Å². The molecule has 1 aromatic heterocycles. The van der Waals surface area contributed by atoms with Crippen molar-refractivity contribution in [1.82, 2.24) is 4.57 Å². The quantitative estimate of drug-likeness (QED) is 0.684. The minimum Gasteiger partial charge on any atom is -0.496 e. The SMILES string of the molecule is COc1ccc(C=O)cc1Cn1ccc2cc(F)ccc21. The number of aldehydes is 1. The second-order valence-electron chi connectivity index (χ2n) is 4.84. The fourth-order valence-electron chi connectivity index (χ4n) is 2.49. The lowest BCUT2D eigenvalue weighted by molar-refractivity contribution is 0.112. The summed E-state index contributed by atoms with van der Waals surface area (Å²) in [6, 6.07) is 11.9. The Morgan fingerprint density at radius 1 is 1.19 bits per heavy atom. The number of ether oxygens (including phenoxy) is 1. The number of methoxy groups -OCH3 is 1. The van der Waals surface area contributed by atoms with Crippen molar-refractivity contribution in [3.8, 4) is 5.75 Å². The fraction of sp³-hybridized carbons (Fsp3) is 0.118. The lowest BCUT2D eigenvalue weighted by atomic mass is 10.1. The molecule has 3 aromatic rings. The molecule has 106 valence electrons. The van der Waals surface area contributed by atoms with E-state index in [-0.39, 0.29) is 5.82 Å². The number of hydrogen-bond donors (Lipinski definition) is 0. The van der Waals surface area contributed by atoms with Crippen molar-refractivity contribution >= 4 is 17.2 Å². The molecule has 0 radical (unpaired) electrons. The summed E-state index contributed by atoms with van der Waals surface area (Å²) in [7, 11) is 1.60. The van der Waals surface area contributed by atoms with Crippen LogP contribution in [0.5, 0.6) is 5.75 Å². The summed E-state index contributed by atoms with van der Waals surface area (Å²) < 4.78 is 20.6. The highest BCUT2D eigenvalue weighted by Crippen LogP contribution is 2.23. The third-order valence-electron chi connectivity index (χ3n) is 3.51. The molecule has 0 N–H and O–H groups in total. The van der Waals surface area contributed by atoms with E-state index >= 15 is 0 Å². The topological polar surface area (TPSA) is 31.2 Å². The summed E-state index contributed by atoms with van der Waals surface area (Å²) in [5, 5.41) is 0.848. The summed E-state index contributed by atoms with van der Waals surface area (Å²) in [4.78, 5) is 10.9. The van der Waals surface area contributed by atoms with Gasteiger partial charge in [-0.25, -0.2) is 4.39 Å². The van der Waals surface area contributed by atoms with Crippen LogP contribution in [0, 0.1) is 5.82 Å². The zero-order valence-corrected chi connectivity index (χ0v) is 11.5. The number of carbonyl (C=O) groups is 1. The molecule has 0 spiro atoms. The first kappa shape index (κ1) is 13.4. The smallest absolute Gasteiger partial charge is 0.150 e. The van der Waals surface area contributed by atoms with E-state index in [2.05, 4.69) is 0 Å². The van der Waals surface area contributed by atoms with Crippen molar-refractivity contribution < 1.29 is 13.9 Å². The molecule has 21 heavy (non-hydrogen) atoms. The molecule has 0 atom stereocenters. The third-order valence-corrected chi connectivity index (χ3v) is 3.51. The summed E-state index contributed by atoms with van der Waals surface area (Å²) in [6.45, 7) is 0.556. The Hall–Kier alpha value is -2.62. The van der Waals surface area contributed by atoms with Crippen LogP contribution in [0.3, 0.4) is 0 Å². The molecule has 3 rings (SSSR count). The van der Waals surface area contributed by atoms with Crippen molar-refractivity contribution in [1.29, 1.82) is 0 Å². The van der Waals surface area contributed by atoms with E-state index in [1.54, 1.807) is 31.4 Å². The van der Waals surface area contributed by atoms with Crippen LogP contribution in [0.25, 0.3) is 10.9 Å². The number of benzene rings is 2. The van der Waals surface area contributed by atoms with Gasteiger partial charge in [-0.3, -0.25) is 4.79 Å². The average Bonchev–Trinajstić information content (AvgIpc) is 2.89. The Labute approximate surface area is 121 Å². The minimum atomic E-state index is -0.249. The zero-order chi connectivity index (χ0) is 14.8. The van der Waals surface area contributed by atoms with Gasteiger partial charge in [-0.15, -0.1) is 0 Å². The van der Waals surface area contributed by atoms with Gasteiger partial charge < -0.3 is 9.30 Å². The maximum Gasteiger partial charge on any atom is 0.150 e. The van der Waals surface area contributed by atoms with E-state index in [0.717, 1.165) is 28.5 Å². The van der Waals surface area contributed by atoms with Gasteiger partial charge in [0.15, 0.2) is 0 Å². The molecule has 1 heterocycles. The van der Waals surface area contributed by atoms with Crippen molar-refractivity contribution in [3.05, 3.63) is 65.6 Å². The zero-order valence-electron chi connectivity index (χ0n) is 11.5. The van der Waals surface area contributed by atoms with Crippen LogP contribution >= 0.6 is 0 Å². The second-order valence-corrected chi connectivity index (χ2v) is 4.84. The van der Waals surface area contributed by atoms with Crippen molar-refractivity contribution in [2.75, 3.05) is 7.11 Å². The Bertz CT molecular complexity index is 808. The maximum absolute atomic E-state index is 13.2. The largest absolute Gasteiger partial charge is 0.496 e. The van der Waals surface area contributed by atoms with Gasteiger partial charge in [-0.1, -0.05) is 0 Å². The van der Waals surface area contributed by atoms with Gasteiger partial charge in [0.25, 0.3) is 0 Å². The Balaban J connectivity index is 2.03. The number of carbonyl (C=O) groups excluding carboxylic acids is 1. The van der Waals surface area contributed by atoms with Crippen molar-refractivity contribution in [2.45, 2.75) is 6.54 Å². The molecule has 0 fully saturated rings. The molecule has 0 bridgehead atoms.